The number of ether oxygens (including phenoxy) is 2. The van der Waals surface area contributed by atoms with E-state index in [2.05, 4.69) is 0 Å². The maximum Gasteiger partial charge on any atom is 0.0517 e. The monoisotopic (exact) mass is 192 g/mol. The van der Waals surface area contributed by atoms with Crippen molar-refractivity contribution in [3.63, 3.8) is 0 Å². The number of hydrogen-bond acceptors (Lipinski definition) is 2. The molecule has 0 radical (unpaired) electrons. The summed E-state index contributed by atoms with van der Waals surface area (Å²) in [4.78, 5) is 0. The molecule has 1 saturated heterocycles. The van der Waals surface area contributed by atoms with Gasteiger partial charge in [-0.15, -0.1) is 11.6 Å². The van der Waals surface area contributed by atoms with Crippen LogP contribution in [0.5, 0.6) is 0 Å². The van der Waals surface area contributed by atoms with Crippen LogP contribution in [0.1, 0.15) is 19.3 Å². The highest BCUT2D eigenvalue weighted by atomic mass is 35.5. The van der Waals surface area contributed by atoms with E-state index >= 15 is 0 Å². The fraction of sp³-hybridized carbons (Fsp3) is 1.00. The van der Waals surface area contributed by atoms with Crippen molar-refractivity contribution >= 4 is 11.6 Å². The Labute approximate surface area is 79.2 Å². The van der Waals surface area contributed by atoms with Crippen LogP contribution in [0.2, 0.25) is 0 Å². The first kappa shape index (κ1) is 10.3. The highest BCUT2D eigenvalue weighted by Gasteiger charge is 2.14. The number of alkyl halides is 1. The fourth-order valence-electron chi connectivity index (χ4n) is 1.26. The minimum atomic E-state index is 0.640. The standard InChI is InChI=1S/C9H17ClO2/c10-4-1-2-5-11-7-9-3-6-12-8-9/h9H,1-8H2. The van der Waals surface area contributed by atoms with Crippen molar-refractivity contribution in [1.82, 2.24) is 0 Å². The van der Waals surface area contributed by atoms with E-state index < -0.39 is 0 Å². The molecule has 1 heterocycles. The van der Waals surface area contributed by atoms with Crippen LogP contribution in [-0.2, 0) is 9.47 Å². The molecule has 0 aromatic rings. The third kappa shape index (κ3) is 4.29. The van der Waals surface area contributed by atoms with Gasteiger partial charge in [-0.05, 0) is 19.3 Å². The normalized spacial score (nSPS) is 23.2. The van der Waals surface area contributed by atoms with Crippen LogP contribution in [0.15, 0.2) is 0 Å². The van der Waals surface area contributed by atoms with Crippen molar-refractivity contribution in [2.24, 2.45) is 5.92 Å². The van der Waals surface area contributed by atoms with Gasteiger partial charge in [0, 0.05) is 25.0 Å². The second-order valence-electron chi connectivity index (χ2n) is 3.20. The van der Waals surface area contributed by atoms with Crippen LogP contribution in [0.4, 0.5) is 0 Å². The highest BCUT2D eigenvalue weighted by Crippen LogP contribution is 2.12. The number of hydrogen-bond donors (Lipinski definition) is 0. The predicted molar refractivity (Wildman–Crippen MR) is 49.7 cm³/mol. The fourth-order valence-corrected chi connectivity index (χ4v) is 1.45. The molecular formula is C9H17ClO2. The summed E-state index contributed by atoms with van der Waals surface area (Å²) in [5, 5.41) is 0. The lowest BCUT2D eigenvalue weighted by Gasteiger charge is -2.07. The third-order valence-electron chi connectivity index (χ3n) is 2.05. The van der Waals surface area contributed by atoms with E-state index in [9.17, 15) is 0 Å². The summed E-state index contributed by atoms with van der Waals surface area (Å²) in [5.74, 6) is 1.39. The Hall–Kier alpha value is 0.210. The quantitative estimate of drug-likeness (QED) is 0.474. The zero-order valence-corrected chi connectivity index (χ0v) is 8.18. The zero-order chi connectivity index (χ0) is 8.65. The first-order chi connectivity index (χ1) is 5.93. The minimum absolute atomic E-state index is 0.640. The SMILES string of the molecule is ClCCCCOCC1CCOC1. The lowest BCUT2D eigenvalue weighted by molar-refractivity contribution is 0.0881. The first-order valence-corrected chi connectivity index (χ1v) is 5.18. The molecule has 12 heavy (non-hydrogen) atoms. The molecule has 1 aliphatic heterocycles. The van der Waals surface area contributed by atoms with Crippen LogP contribution in [0.3, 0.4) is 0 Å². The summed E-state index contributed by atoms with van der Waals surface area (Å²) >= 11 is 5.53. The molecule has 0 amide bonds. The van der Waals surface area contributed by atoms with Gasteiger partial charge in [0.05, 0.1) is 13.2 Å². The van der Waals surface area contributed by atoms with Gasteiger partial charge >= 0.3 is 0 Å². The summed E-state index contributed by atoms with van der Waals surface area (Å²) < 4.78 is 10.7. The Bertz CT molecular complexity index is 103. The van der Waals surface area contributed by atoms with Crippen molar-refractivity contribution in [3.8, 4) is 0 Å². The number of unbranched alkanes of at least 4 members (excludes halogenated alkanes) is 1. The Morgan fingerprint density at radius 2 is 2.33 bits per heavy atom. The van der Waals surface area contributed by atoms with E-state index in [0.717, 1.165) is 51.6 Å². The van der Waals surface area contributed by atoms with Crippen LogP contribution >= 0.6 is 11.6 Å². The molecule has 3 heteroatoms. The van der Waals surface area contributed by atoms with Gasteiger partial charge in [-0.3, -0.25) is 0 Å². The summed E-state index contributed by atoms with van der Waals surface area (Å²) in [7, 11) is 0. The van der Waals surface area contributed by atoms with E-state index in [0.29, 0.717) is 5.92 Å². The molecule has 1 rings (SSSR count). The molecule has 1 aliphatic rings. The molecule has 72 valence electrons. The third-order valence-corrected chi connectivity index (χ3v) is 2.32. The van der Waals surface area contributed by atoms with Crippen molar-refractivity contribution in [1.29, 1.82) is 0 Å². The molecule has 0 aromatic carbocycles. The molecule has 1 fully saturated rings. The molecule has 0 saturated carbocycles. The van der Waals surface area contributed by atoms with E-state index in [1.165, 1.54) is 0 Å². The van der Waals surface area contributed by atoms with Crippen molar-refractivity contribution in [2.45, 2.75) is 19.3 Å². The van der Waals surface area contributed by atoms with Crippen molar-refractivity contribution in [2.75, 3.05) is 32.3 Å². The minimum Gasteiger partial charge on any atom is -0.381 e. The molecule has 0 aromatic heterocycles. The molecular weight excluding hydrogens is 176 g/mol. The summed E-state index contributed by atoms with van der Waals surface area (Å²) in [6, 6.07) is 0. The lowest BCUT2D eigenvalue weighted by Crippen LogP contribution is -2.09. The van der Waals surface area contributed by atoms with Crippen molar-refractivity contribution < 1.29 is 9.47 Å². The van der Waals surface area contributed by atoms with Gasteiger partial charge in [0.1, 0.15) is 0 Å². The molecule has 0 bridgehead atoms. The molecule has 0 N–H and O–H groups in total. The van der Waals surface area contributed by atoms with E-state index in [1.807, 2.05) is 0 Å². The van der Waals surface area contributed by atoms with Crippen LogP contribution < -0.4 is 0 Å². The first-order valence-electron chi connectivity index (χ1n) is 4.65. The molecule has 1 atom stereocenters. The molecule has 2 nitrogen and oxygen atoms in total. The lowest BCUT2D eigenvalue weighted by atomic mass is 10.1. The van der Waals surface area contributed by atoms with Crippen LogP contribution in [-0.4, -0.2) is 32.3 Å². The second-order valence-corrected chi connectivity index (χ2v) is 3.58. The Balaban J connectivity index is 1.81. The zero-order valence-electron chi connectivity index (χ0n) is 7.43. The van der Waals surface area contributed by atoms with Gasteiger partial charge in [0.2, 0.25) is 0 Å². The maximum absolute atomic E-state index is 5.53. The molecule has 0 spiro atoms. The Morgan fingerprint density at radius 3 is 3.00 bits per heavy atom. The highest BCUT2D eigenvalue weighted by molar-refractivity contribution is 6.17. The van der Waals surface area contributed by atoms with Gasteiger partial charge in [-0.2, -0.15) is 0 Å². The van der Waals surface area contributed by atoms with Crippen LogP contribution in [0, 0.1) is 5.92 Å². The molecule has 0 aliphatic carbocycles. The summed E-state index contributed by atoms with van der Waals surface area (Å²) in [5.41, 5.74) is 0. The maximum atomic E-state index is 5.53. The van der Waals surface area contributed by atoms with Crippen molar-refractivity contribution in [3.05, 3.63) is 0 Å². The van der Waals surface area contributed by atoms with Gasteiger partial charge < -0.3 is 9.47 Å². The second kappa shape index (κ2) is 6.70. The number of halogens is 1. The smallest absolute Gasteiger partial charge is 0.0517 e. The topological polar surface area (TPSA) is 18.5 Å². The van der Waals surface area contributed by atoms with Crippen LogP contribution in [0.25, 0.3) is 0 Å². The largest absolute Gasteiger partial charge is 0.381 e. The van der Waals surface area contributed by atoms with Gasteiger partial charge in [0.25, 0.3) is 0 Å². The average Bonchev–Trinajstić information content (AvgIpc) is 2.57. The van der Waals surface area contributed by atoms with Gasteiger partial charge in [-0.1, -0.05) is 0 Å². The molecule has 1 unspecified atom stereocenters. The summed E-state index contributed by atoms with van der Waals surface area (Å²) in [6.07, 6.45) is 3.30. The Kier molecular flexibility index (Phi) is 5.74. The Morgan fingerprint density at radius 1 is 1.42 bits per heavy atom. The van der Waals surface area contributed by atoms with Gasteiger partial charge in [-0.25, -0.2) is 0 Å². The average molecular weight is 193 g/mol. The van der Waals surface area contributed by atoms with Gasteiger partial charge in [0.15, 0.2) is 0 Å². The predicted octanol–water partition coefficient (Wildman–Crippen LogP) is 2.06. The van der Waals surface area contributed by atoms with E-state index in [1.54, 1.807) is 0 Å². The van der Waals surface area contributed by atoms with E-state index in [4.69, 9.17) is 21.1 Å². The van der Waals surface area contributed by atoms with E-state index in [-0.39, 0.29) is 0 Å². The number of rotatable bonds is 6. The summed E-state index contributed by atoms with van der Waals surface area (Å²) in [6.45, 7) is 3.51.